The number of para-hydroxylation sites is 1. The molecular formula is C14H21NO. The van der Waals surface area contributed by atoms with Crippen LogP contribution in [-0.4, -0.2) is 6.10 Å². The van der Waals surface area contributed by atoms with Gasteiger partial charge >= 0.3 is 0 Å². The van der Waals surface area contributed by atoms with Gasteiger partial charge < -0.3 is 10.5 Å². The standard InChI is InChI=1S/C14H21NO/c1-11-6-8-13(9-7-11)16-14-5-3-2-4-12(14)10-15/h2-5,11,13H,6-10,15H2,1H3. The summed E-state index contributed by atoms with van der Waals surface area (Å²) in [5.41, 5.74) is 6.81. The number of nitrogens with two attached hydrogens (primary N) is 1. The first-order valence-corrected chi connectivity index (χ1v) is 6.24. The summed E-state index contributed by atoms with van der Waals surface area (Å²) in [4.78, 5) is 0. The molecular weight excluding hydrogens is 198 g/mol. The van der Waals surface area contributed by atoms with Gasteiger partial charge in [0, 0.05) is 12.1 Å². The van der Waals surface area contributed by atoms with Crippen LogP contribution in [0.4, 0.5) is 0 Å². The maximum atomic E-state index is 6.05. The molecule has 0 radical (unpaired) electrons. The van der Waals surface area contributed by atoms with E-state index >= 15 is 0 Å². The summed E-state index contributed by atoms with van der Waals surface area (Å²) in [6, 6.07) is 8.10. The molecule has 0 heterocycles. The van der Waals surface area contributed by atoms with Crippen LogP contribution in [0.25, 0.3) is 0 Å². The van der Waals surface area contributed by atoms with E-state index in [1.807, 2.05) is 24.3 Å². The molecule has 1 aliphatic carbocycles. The molecule has 1 aliphatic rings. The third-order valence-corrected chi connectivity index (χ3v) is 3.45. The van der Waals surface area contributed by atoms with Crippen molar-refractivity contribution < 1.29 is 4.74 Å². The Kier molecular flexibility index (Phi) is 3.83. The average molecular weight is 219 g/mol. The van der Waals surface area contributed by atoms with Crippen LogP contribution in [0.15, 0.2) is 24.3 Å². The van der Waals surface area contributed by atoms with Crippen molar-refractivity contribution in [1.29, 1.82) is 0 Å². The van der Waals surface area contributed by atoms with Gasteiger partial charge in [0.15, 0.2) is 0 Å². The van der Waals surface area contributed by atoms with E-state index in [1.165, 1.54) is 25.7 Å². The summed E-state index contributed by atoms with van der Waals surface area (Å²) in [5, 5.41) is 0. The fourth-order valence-electron chi connectivity index (χ4n) is 2.31. The number of ether oxygens (including phenoxy) is 1. The van der Waals surface area contributed by atoms with E-state index in [-0.39, 0.29) is 0 Å². The third kappa shape index (κ3) is 2.76. The highest BCUT2D eigenvalue weighted by atomic mass is 16.5. The Balaban J connectivity index is 1.98. The lowest BCUT2D eigenvalue weighted by atomic mass is 9.89. The van der Waals surface area contributed by atoms with Crippen LogP contribution in [0.2, 0.25) is 0 Å². The van der Waals surface area contributed by atoms with Gasteiger partial charge in [0.05, 0.1) is 6.10 Å². The molecule has 0 aromatic heterocycles. The molecule has 0 bridgehead atoms. The Morgan fingerprint density at radius 3 is 2.56 bits per heavy atom. The molecule has 1 fully saturated rings. The molecule has 0 saturated heterocycles. The quantitative estimate of drug-likeness (QED) is 0.847. The zero-order valence-electron chi connectivity index (χ0n) is 9.99. The Labute approximate surface area is 97.8 Å². The van der Waals surface area contributed by atoms with Gasteiger partial charge in [0.1, 0.15) is 5.75 Å². The van der Waals surface area contributed by atoms with E-state index in [1.54, 1.807) is 0 Å². The van der Waals surface area contributed by atoms with Crippen LogP contribution in [-0.2, 0) is 6.54 Å². The predicted molar refractivity (Wildman–Crippen MR) is 66.4 cm³/mol. The molecule has 16 heavy (non-hydrogen) atoms. The highest BCUT2D eigenvalue weighted by Crippen LogP contribution is 2.28. The lowest BCUT2D eigenvalue weighted by Gasteiger charge is -2.27. The normalized spacial score (nSPS) is 25.4. The maximum absolute atomic E-state index is 6.05. The van der Waals surface area contributed by atoms with Crippen molar-refractivity contribution in [3.05, 3.63) is 29.8 Å². The lowest BCUT2D eigenvalue weighted by molar-refractivity contribution is 0.134. The van der Waals surface area contributed by atoms with Crippen molar-refractivity contribution in [2.24, 2.45) is 11.7 Å². The van der Waals surface area contributed by atoms with Crippen LogP contribution in [0.1, 0.15) is 38.2 Å². The molecule has 1 saturated carbocycles. The van der Waals surface area contributed by atoms with Crippen LogP contribution in [0, 0.1) is 5.92 Å². The zero-order valence-corrected chi connectivity index (χ0v) is 9.99. The second kappa shape index (κ2) is 5.35. The van der Waals surface area contributed by atoms with Gasteiger partial charge in [-0.25, -0.2) is 0 Å². The van der Waals surface area contributed by atoms with Crippen LogP contribution >= 0.6 is 0 Å². The summed E-state index contributed by atoms with van der Waals surface area (Å²) in [6.07, 6.45) is 5.33. The molecule has 2 heteroatoms. The molecule has 1 aromatic rings. The van der Waals surface area contributed by atoms with E-state index in [9.17, 15) is 0 Å². The van der Waals surface area contributed by atoms with Gasteiger partial charge in [-0.15, -0.1) is 0 Å². The van der Waals surface area contributed by atoms with Crippen molar-refractivity contribution in [3.63, 3.8) is 0 Å². The summed E-state index contributed by atoms with van der Waals surface area (Å²) < 4.78 is 6.05. The first kappa shape index (κ1) is 11.5. The lowest BCUT2D eigenvalue weighted by Crippen LogP contribution is -2.23. The molecule has 0 atom stereocenters. The molecule has 0 amide bonds. The maximum Gasteiger partial charge on any atom is 0.124 e. The van der Waals surface area contributed by atoms with Gasteiger partial charge in [-0.3, -0.25) is 0 Å². The summed E-state index contributed by atoms with van der Waals surface area (Å²) in [6.45, 7) is 2.88. The molecule has 88 valence electrons. The first-order valence-electron chi connectivity index (χ1n) is 6.24. The van der Waals surface area contributed by atoms with Crippen molar-refractivity contribution >= 4 is 0 Å². The third-order valence-electron chi connectivity index (χ3n) is 3.45. The molecule has 0 aliphatic heterocycles. The summed E-state index contributed by atoms with van der Waals surface area (Å²) >= 11 is 0. The number of benzene rings is 1. The van der Waals surface area contributed by atoms with E-state index in [0.29, 0.717) is 12.6 Å². The Morgan fingerprint density at radius 1 is 1.19 bits per heavy atom. The molecule has 2 rings (SSSR count). The molecule has 1 aromatic carbocycles. The first-order chi connectivity index (χ1) is 7.79. The Bertz CT molecular complexity index is 329. The minimum Gasteiger partial charge on any atom is -0.490 e. The van der Waals surface area contributed by atoms with Gasteiger partial charge in [0.2, 0.25) is 0 Å². The van der Waals surface area contributed by atoms with Gasteiger partial charge in [-0.1, -0.05) is 25.1 Å². The second-order valence-corrected chi connectivity index (χ2v) is 4.81. The van der Waals surface area contributed by atoms with E-state index in [4.69, 9.17) is 10.5 Å². The largest absolute Gasteiger partial charge is 0.490 e. The smallest absolute Gasteiger partial charge is 0.124 e. The van der Waals surface area contributed by atoms with E-state index in [2.05, 4.69) is 6.92 Å². The van der Waals surface area contributed by atoms with E-state index < -0.39 is 0 Å². The summed E-state index contributed by atoms with van der Waals surface area (Å²) in [7, 11) is 0. The Morgan fingerprint density at radius 2 is 1.88 bits per heavy atom. The average Bonchev–Trinajstić information content (AvgIpc) is 2.33. The number of hydrogen-bond donors (Lipinski definition) is 1. The van der Waals surface area contributed by atoms with Crippen molar-refractivity contribution in [2.75, 3.05) is 0 Å². The Hall–Kier alpha value is -1.02. The van der Waals surface area contributed by atoms with Crippen molar-refractivity contribution in [3.8, 4) is 5.75 Å². The van der Waals surface area contributed by atoms with Crippen LogP contribution < -0.4 is 10.5 Å². The highest BCUT2D eigenvalue weighted by molar-refractivity contribution is 5.33. The fourth-order valence-corrected chi connectivity index (χ4v) is 2.31. The monoisotopic (exact) mass is 219 g/mol. The highest BCUT2D eigenvalue weighted by Gasteiger charge is 2.19. The SMILES string of the molecule is CC1CCC(Oc2ccccc2CN)CC1. The van der Waals surface area contributed by atoms with Gasteiger partial charge in [-0.2, -0.15) is 0 Å². The molecule has 0 unspecified atom stereocenters. The van der Waals surface area contributed by atoms with Crippen molar-refractivity contribution in [2.45, 2.75) is 45.3 Å². The predicted octanol–water partition coefficient (Wildman–Crippen LogP) is 3.10. The summed E-state index contributed by atoms with van der Waals surface area (Å²) in [5.74, 6) is 1.84. The number of rotatable bonds is 3. The fraction of sp³-hybridized carbons (Fsp3) is 0.571. The van der Waals surface area contributed by atoms with Crippen molar-refractivity contribution in [1.82, 2.24) is 0 Å². The van der Waals surface area contributed by atoms with E-state index in [0.717, 1.165) is 17.2 Å². The zero-order chi connectivity index (χ0) is 11.4. The number of hydrogen-bond acceptors (Lipinski definition) is 2. The topological polar surface area (TPSA) is 35.2 Å². The minimum atomic E-state index is 0.392. The molecule has 2 nitrogen and oxygen atoms in total. The van der Waals surface area contributed by atoms with Gasteiger partial charge in [0.25, 0.3) is 0 Å². The second-order valence-electron chi connectivity index (χ2n) is 4.81. The molecule has 2 N–H and O–H groups in total. The molecule has 0 spiro atoms. The minimum absolute atomic E-state index is 0.392. The van der Waals surface area contributed by atoms with Crippen LogP contribution in [0.3, 0.4) is 0 Å². The van der Waals surface area contributed by atoms with Crippen LogP contribution in [0.5, 0.6) is 5.75 Å². The van der Waals surface area contributed by atoms with Gasteiger partial charge in [-0.05, 0) is 37.7 Å².